The van der Waals surface area contributed by atoms with E-state index in [1.165, 1.54) is 31.5 Å². The highest BCUT2D eigenvalue weighted by Gasteiger charge is 2.17. The van der Waals surface area contributed by atoms with Gasteiger partial charge < -0.3 is 10.6 Å². The molecular weight excluding hydrogens is 186 g/mol. The van der Waals surface area contributed by atoms with E-state index in [1.54, 1.807) is 0 Å². The van der Waals surface area contributed by atoms with Gasteiger partial charge in [0.2, 0.25) is 0 Å². The van der Waals surface area contributed by atoms with Crippen molar-refractivity contribution in [3.05, 3.63) is 30.1 Å². The van der Waals surface area contributed by atoms with Gasteiger partial charge in [-0.1, -0.05) is 6.07 Å². The van der Waals surface area contributed by atoms with Crippen molar-refractivity contribution in [1.29, 1.82) is 0 Å². The Bertz CT molecular complexity index is 280. The van der Waals surface area contributed by atoms with Crippen LogP contribution in [0.25, 0.3) is 0 Å². The molecule has 0 spiro atoms. The third-order valence-corrected chi connectivity index (χ3v) is 3.12. The van der Waals surface area contributed by atoms with E-state index < -0.39 is 0 Å². The fraction of sp³-hybridized carbons (Fsp3) is 0.583. The van der Waals surface area contributed by atoms with Crippen LogP contribution in [0.4, 0.5) is 0 Å². The van der Waals surface area contributed by atoms with Crippen LogP contribution in [-0.4, -0.2) is 36.1 Å². The van der Waals surface area contributed by atoms with Crippen LogP contribution >= 0.6 is 0 Å². The highest BCUT2D eigenvalue weighted by Crippen LogP contribution is 2.17. The van der Waals surface area contributed by atoms with Crippen molar-refractivity contribution < 1.29 is 0 Å². The normalized spacial score (nSPS) is 19.3. The Balaban J connectivity index is 1.97. The standard InChI is InChI=1S/C12H19N3/c13-8-12(10-15-6-1-2-7-15)11-4-3-5-14-9-11/h3-5,9,12H,1-2,6-8,10,13H2. The predicted octanol–water partition coefficient (Wildman–Crippen LogP) is 1.22. The zero-order valence-corrected chi connectivity index (χ0v) is 9.10. The first-order valence-corrected chi connectivity index (χ1v) is 5.72. The maximum atomic E-state index is 5.83. The maximum Gasteiger partial charge on any atom is 0.0303 e. The van der Waals surface area contributed by atoms with Crippen LogP contribution in [0.1, 0.15) is 24.3 Å². The molecule has 0 saturated carbocycles. The molecule has 1 aliphatic rings. The topological polar surface area (TPSA) is 42.1 Å². The van der Waals surface area contributed by atoms with Gasteiger partial charge in [-0.15, -0.1) is 0 Å². The lowest BCUT2D eigenvalue weighted by atomic mass is 10.0. The van der Waals surface area contributed by atoms with Crippen molar-refractivity contribution in [2.45, 2.75) is 18.8 Å². The van der Waals surface area contributed by atoms with Crippen molar-refractivity contribution in [1.82, 2.24) is 9.88 Å². The second-order valence-corrected chi connectivity index (χ2v) is 4.23. The van der Waals surface area contributed by atoms with Crippen LogP contribution in [0.3, 0.4) is 0 Å². The van der Waals surface area contributed by atoms with E-state index in [2.05, 4.69) is 16.0 Å². The summed E-state index contributed by atoms with van der Waals surface area (Å²) in [6.07, 6.45) is 6.43. The Hall–Kier alpha value is -0.930. The highest BCUT2D eigenvalue weighted by atomic mass is 15.1. The van der Waals surface area contributed by atoms with Gasteiger partial charge in [0.05, 0.1) is 0 Å². The number of hydrogen-bond acceptors (Lipinski definition) is 3. The molecule has 1 atom stereocenters. The molecule has 0 aliphatic carbocycles. The molecular formula is C12H19N3. The van der Waals surface area contributed by atoms with Crippen molar-refractivity contribution in [2.24, 2.45) is 5.73 Å². The summed E-state index contributed by atoms with van der Waals surface area (Å²) in [7, 11) is 0. The molecule has 1 unspecified atom stereocenters. The first-order chi connectivity index (χ1) is 7.40. The summed E-state index contributed by atoms with van der Waals surface area (Å²) in [5.41, 5.74) is 7.10. The molecule has 1 aromatic rings. The molecule has 3 heteroatoms. The summed E-state index contributed by atoms with van der Waals surface area (Å²) >= 11 is 0. The molecule has 2 N–H and O–H groups in total. The van der Waals surface area contributed by atoms with Crippen molar-refractivity contribution >= 4 is 0 Å². The Morgan fingerprint density at radius 2 is 2.20 bits per heavy atom. The number of nitrogens with two attached hydrogens (primary N) is 1. The lowest BCUT2D eigenvalue weighted by Crippen LogP contribution is -2.29. The van der Waals surface area contributed by atoms with Crippen molar-refractivity contribution in [2.75, 3.05) is 26.2 Å². The SMILES string of the molecule is NCC(CN1CCCC1)c1cccnc1. The van der Waals surface area contributed by atoms with Gasteiger partial charge in [-0.3, -0.25) is 4.98 Å². The van der Waals surface area contributed by atoms with E-state index in [0.29, 0.717) is 12.5 Å². The molecule has 2 heterocycles. The van der Waals surface area contributed by atoms with Gasteiger partial charge in [-0.05, 0) is 37.6 Å². The minimum Gasteiger partial charge on any atom is -0.330 e. The molecule has 82 valence electrons. The van der Waals surface area contributed by atoms with Gasteiger partial charge in [-0.2, -0.15) is 0 Å². The number of aromatic nitrogens is 1. The van der Waals surface area contributed by atoms with E-state index in [4.69, 9.17) is 5.73 Å². The predicted molar refractivity (Wildman–Crippen MR) is 61.7 cm³/mol. The zero-order chi connectivity index (χ0) is 10.5. The third-order valence-electron chi connectivity index (χ3n) is 3.12. The molecule has 1 saturated heterocycles. The Morgan fingerprint density at radius 3 is 2.80 bits per heavy atom. The lowest BCUT2D eigenvalue weighted by Gasteiger charge is -2.22. The summed E-state index contributed by atoms with van der Waals surface area (Å²) in [6, 6.07) is 4.11. The Labute approximate surface area is 91.3 Å². The summed E-state index contributed by atoms with van der Waals surface area (Å²) in [4.78, 5) is 6.66. The van der Waals surface area contributed by atoms with E-state index in [1.807, 2.05) is 18.5 Å². The first kappa shape index (κ1) is 10.6. The van der Waals surface area contributed by atoms with Crippen LogP contribution in [-0.2, 0) is 0 Å². The molecule has 0 amide bonds. The lowest BCUT2D eigenvalue weighted by molar-refractivity contribution is 0.315. The number of likely N-dealkylation sites (tertiary alicyclic amines) is 1. The minimum atomic E-state index is 0.441. The molecule has 0 aromatic carbocycles. The van der Waals surface area contributed by atoms with Crippen LogP contribution in [0.2, 0.25) is 0 Å². The molecule has 1 aromatic heterocycles. The largest absolute Gasteiger partial charge is 0.330 e. The summed E-state index contributed by atoms with van der Waals surface area (Å²) in [5, 5.41) is 0. The minimum absolute atomic E-state index is 0.441. The van der Waals surface area contributed by atoms with Crippen LogP contribution in [0.5, 0.6) is 0 Å². The second kappa shape index (κ2) is 5.24. The fourth-order valence-corrected chi connectivity index (χ4v) is 2.21. The van der Waals surface area contributed by atoms with Gasteiger partial charge in [0.1, 0.15) is 0 Å². The van der Waals surface area contributed by atoms with Gasteiger partial charge in [0.25, 0.3) is 0 Å². The van der Waals surface area contributed by atoms with E-state index >= 15 is 0 Å². The number of rotatable bonds is 4. The van der Waals surface area contributed by atoms with E-state index in [9.17, 15) is 0 Å². The van der Waals surface area contributed by atoms with E-state index in [-0.39, 0.29) is 0 Å². The van der Waals surface area contributed by atoms with Crippen LogP contribution in [0.15, 0.2) is 24.5 Å². The third kappa shape index (κ3) is 2.76. The quantitative estimate of drug-likeness (QED) is 0.803. The first-order valence-electron chi connectivity index (χ1n) is 5.72. The van der Waals surface area contributed by atoms with E-state index in [0.717, 1.165) is 6.54 Å². The van der Waals surface area contributed by atoms with Gasteiger partial charge in [-0.25, -0.2) is 0 Å². The molecule has 15 heavy (non-hydrogen) atoms. The van der Waals surface area contributed by atoms with Gasteiger partial charge >= 0.3 is 0 Å². The number of hydrogen-bond donors (Lipinski definition) is 1. The van der Waals surface area contributed by atoms with Crippen molar-refractivity contribution in [3.8, 4) is 0 Å². The molecule has 1 aliphatic heterocycles. The molecule has 3 nitrogen and oxygen atoms in total. The average molecular weight is 205 g/mol. The Morgan fingerprint density at radius 1 is 1.40 bits per heavy atom. The van der Waals surface area contributed by atoms with Crippen molar-refractivity contribution in [3.63, 3.8) is 0 Å². The highest BCUT2D eigenvalue weighted by molar-refractivity contribution is 5.15. The van der Waals surface area contributed by atoms with Gasteiger partial charge in [0.15, 0.2) is 0 Å². The monoisotopic (exact) mass is 205 g/mol. The number of pyridine rings is 1. The molecule has 0 bridgehead atoms. The molecule has 1 fully saturated rings. The summed E-state index contributed by atoms with van der Waals surface area (Å²) in [6.45, 7) is 4.26. The van der Waals surface area contributed by atoms with Crippen LogP contribution in [0, 0.1) is 0 Å². The average Bonchev–Trinajstić information content (AvgIpc) is 2.80. The Kier molecular flexibility index (Phi) is 3.69. The maximum absolute atomic E-state index is 5.83. The summed E-state index contributed by atoms with van der Waals surface area (Å²) in [5.74, 6) is 0.441. The number of nitrogens with zero attached hydrogens (tertiary/aromatic N) is 2. The fourth-order valence-electron chi connectivity index (χ4n) is 2.21. The molecule has 0 radical (unpaired) electrons. The second-order valence-electron chi connectivity index (χ2n) is 4.23. The van der Waals surface area contributed by atoms with Gasteiger partial charge in [0, 0.05) is 31.4 Å². The van der Waals surface area contributed by atoms with Crippen LogP contribution < -0.4 is 5.73 Å². The molecule has 2 rings (SSSR count). The summed E-state index contributed by atoms with van der Waals surface area (Å²) < 4.78 is 0. The zero-order valence-electron chi connectivity index (χ0n) is 9.10. The smallest absolute Gasteiger partial charge is 0.0303 e.